The first-order valence-electron chi connectivity index (χ1n) is 12.6. The van der Waals surface area contributed by atoms with E-state index >= 15 is 4.39 Å². The van der Waals surface area contributed by atoms with Gasteiger partial charge in [0.2, 0.25) is 11.5 Å². The van der Waals surface area contributed by atoms with Crippen LogP contribution < -0.4 is 26.0 Å². The molecule has 0 bridgehead atoms. The van der Waals surface area contributed by atoms with Gasteiger partial charge in [-0.15, -0.1) is 0 Å². The van der Waals surface area contributed by atoms with Crippen molar-refractivity contribution in [2.75, 3.05) is 55.0 Å². The number of aromatic nitrogens is 3. The van der Waals surface area contributed by atoms with Crippen molar-refractivity contribution >= 4 is 23.2 Å². The molecule has 214 valence electrons. The number of H-pyrrole nitrogens is 1. The lowest BCUT2D eigenvalue weighted by Gasteiger charge is -2.27. The van der Waals surface area contributed by atoms with Crippen LogP contribution in [0.2, 0.25) is 0 Å². The van der Waals surface area contributed by atoms with Gasteiger partial charge < -0.3 is 30.2 Å². The van der Waals surface area contributed by atoms with Crippen LogP contribution in [0.25, 0.3) is 11.1 Å². The van der Waals surface area contributed by atoms with Crippen LogP contribution >= 0.6 is 0 Å². The van der Waals surface area contributed by atoms with Crippen molar-refractivity contribution < 1.29 is 27.1 Å². The number of hydrogen-bond donors (Lipinski definition) is 3. The maximum absolute atomic E-state index is 15.5. The summed E-state index contributed by atoms with van der Waals surface area (Å²) < 4.78 is 61.8. The number of alkyl halides is 3. The molecule has 0 saturated carbocycles. The zero-order chi connectivity index (χ0) is 29.1. The van der Waals surface area contributed by atoms with Crippen LogP contribution in [-0.4, -0.2) is 60.8 Å². The Kier molecular flexibility index (Phi) is 7.75. The number of halogens is 4. The number of amides is 1. The number of benzene rings is 1. The van der Waals surface area contributed by atoms with Crippen LogP contribution in [0, 0.1) is 5.82 Å². The van der Waals surface area contributed by atoms with Crippen molar-refractivity contribution in [1.29, 1.82) is 0 Å². The van der Waals surface area contributed by atoms with Gasteiger partial charge in [-0.3, -0.25) is 9.59 Å². The number of ether oxygens (including phenoxy) is 1. The average molecular weight is 572 g/mol. The Balaban J connectivity index is 1.53. The van der Waals surface area contributed by atoms with Crippen LogP contribution in [0.4, 0.5) is 34.9 Å². The number of aromatic amines is 1. The predicted molar refractivity (Wildman–Crippen MR) is 144 cm³/mol. The Morgan fingerprint density at radius 3 is 2.49 bits per heavy atom. The molecule has 4 heterocycles. The third-order valence-corrected chi connectivity index (χ3v) is 6.59. The molecule has 41 heavy (non-hydrogen) atoms. The Morgan fingerprint density at radius 1 is 1.12 bits per heavy atom. The van der Waals surface area contributed by atoms with Crippen molar-refractivity contribution in [3.63, 3.8) is 0 Å². The molecule has 14 heteroatoms. The number of carbonyl (C=O) groups excluding carboxylic acids is 1. The first-order chi connectivity index (χ1) is 19.6. The van der Waals surface area contributed by atoms with Gasteiger partial charge in [0.25, 0.3) is 5.91 Å². The highest BCUT2D eigenvalue weighted by atomic mass is 19.4. The van der Waals surface area contributed by atoms with E-state index in [9.17, 15) is 22.8 Å². The summed E-state index contributed by atoms with van der Waals surface area (Å²) in [5.74, 6) is -1.35. The van der Waals surface area contributed by atoms with E-state index in [1.807, 2.05) is 11.0 Å². The number of nitrogens with one attached hydrogen (secondary N) is 3. The Labute approximate surface area is 231 Å². The van der Waals surface area contributed by atoms with Crippen LogP contribution in [0.1, 0.15) is 15.9 Å². The third-order valence-electron chi connectivity index (χ3n) is 6.59. The number of carbonyl (C=O) groups is 1. The van der Waals surface area contributed by atoms with Gasteiger partial charge in [-0.05, 0) is 18.2 Å². The van der Waals surface area contributed by atoms with Crippen LogP contribution in [-0.2, 0) is 10.9 Å². The molecule has 1 amide bonds. The highest BCUT2D eigenvalue weighted by Crippen LogP contribution is 2.36. The van der Waals surface area contributed by atoms with Gasteiger partial charge >= 0.3 is 6.18 Å². The molecule has 0 aliphatic carbocycles. The fourth-order valence-electron chi connectivity index (χ4n) is 4.45. The van der Waals surface area contributed by atoms with Crippen molar-refractivity contribution in [3.8, 4) is 11.1 Å². The second-order valence-electron chi connectivity index (χ2n) is 9.17. The van der Waals surface area contributed by atoms with Gasteiger partial charge in [0.15, 0.2) is 0 Å². The van der Waals surface area contributed by atoms with E-state index < -0.39 is 34.6 Å². The zero-order valence-electron chi connectivity index (χ0n) is 21.8. The first-order valence-corrected chi connectivity index (χ1v) is 12.6. The SMILES string of the molecule is CNC1=CCN(c2cc(F)c(-c3cnc(N4CCOCC4)nc3)cc2NC(=O)c2c[nH]c(=O)cc2C(F)(F)F)C=C1. The summed E-state index contributed by atoms with van der Waals surface area (Å²) in [7, 11) is 1.74. The van der Waals surface area contributed by atoms with Gasteiger partial charge in [0.05, 0.1) is 35.7 Å². The number of morpholine rings is 1. The normalized spacial score (nSPS) is 15.5. The van der Waals surface area contributed by atoms with Crippen LogP contribution in [0.5, 0.6) is 0 Å². The van der Waals surface area contributed by atoms with Crippen LogP contribution in [0.3, 0.4) is 0 Å². The predicted octanol–water partition coefficient (Wildman–Crippen LogP) is 3.52. The zero-order valence-corrected chi connectivity index (χ0v) is 21.8. The highest BCUT2D eigenvalue weighted by molar-refractivity contribution is 6.07. The molecule has 1 aromatic carbocycles. The molecule has 3 N–H and O–H groups in total. The van der Waals surface area contributed by atoms with Gasteiger partial charge in [-0.2, -0.15) is 13.2 Å². The third kappa shape index (κ3) is 6.06. The second kappa shape index (κ2) is 11.4. The maximum Gasteiger partial charge on any atom is 0.417 e. The van der Waals surface area contributed by atoms with E-state index in [4.69, 9.17) is 4.74 Å². The summed E-state index contributed by atoms with van der Waals surface area (Å²) in [5, 5.41) is 5.46. The smallest absolute Gasteiger partial charge is 0.388 e. The number of allylic oxidation sites excluding steroid dienone is 1. The Morgan fingerprint density at radius 2 is 1.85 bits per heavy atom. The van der Waals surface area contributed by atoms with Gasteiger partial charge in [-0.1, -0.05) is 0 Å². The Hall–Kier alpha value is -4.72. The molecule has 5 rings (SSSR count). The molecular formula is C27H25F4N7O3. The number of rotatable bonds is 6. The van der Waals surface area contributed by atoms with Crippen molar-refractivity contribution in [3.05, 3.63) is 88.1 Å². The average Bonchev–Trinajstić information content (AvgIpc) is 2.98. The Bertz CT molecular complexity index is 1560. The standard InChI is InChI=1S/C27H25F4N7O3/c1-32-17-2-4-37(5-3-17)23-12-21(28)18(16-13-34-26(35-14-16)38-6-8-41-9-7-38)10-22(23)36-25(40)19-15-33-24(39)11-20(19)27(29,30)31/h2-4,10-15,32H,5-9H2,1H3,(H,33,39)(H,36,40). The molecule has 1 saturated heterocycles. The summed E-state index contributed by atoms with van der Waals surface area (Å²) in [6.45, 7) is 2.57. The number of likely N-dealkylation sites (N-methyl/N-ethyl adjacent to an activating group) is 1. The molecule has 2 aliphatic rings. The monoisotopic (exact) mass is 571 g/mol. The summed E-state index contributed by atoms with van der Waals surface area (Å²) in [6.07, 6.45) is 3.81. The number of nitrogens with zero attached hydrogens (tertiary/aromatic N) is 4. The molecule has 0 spiro atoms. The highest BCUT2D eigenvalue weighted by Gasteiger charge is 2.36. The van der Waals surface area contributed by atoms with E-state index in [1.165, 1.54) is 24.5 Å². The molecule has 2 aromatic heterocycles. The molecule has 0 unspecified atom stereocenters. The fourth-order valence-corrected chi connectivity index (χ4v) is 4.45. The molecular weight excluding hydrogens is 546 g/mol. The van der Waals surface area contributed by atoms with Crippen molar-refractivity contribution in [1.82, 2.24) is 20.3 Å². The van der Waals surface area contributed by atoms with Gasteiger partial charge in [0, 0.05) is 80.4 Å². The molecule has 1 fully saturated rings. The van der Waals surface area contributed by atoms with E-state index in [0.717, 1.165) is 5.70 Å². The largest absolute Gasteiger partial charge is 0.417 e. The van der Waals surface area contributed by atoms with Gasteiger partial charge in [0.1, 0.15) is 5.82 Å². The minimum absolute atomic E-state index is 0.0301. The van der Waals surface area contributed by atoms with Crippen molar-refractivity contribution in [2.45, 2.75) is 6.18 Å². The van der Waals surface area contributed by atoms with E-state index in [1.54, 1.807) is 24.2 Å². The number of pyridine rings is 1. The molecule has 10 nitrogen and oxygen atoms in total. The fraction of sp³-hybridized carbons (Fsp3) is 0.259. The topological polar surface area (TPSA) is 115 Å². The quantitative estimate of drug-likeness (QED) is 0.385. The summed E-state index contributed by atoms with van der Waals surface area (Å²) in [4.78, 5) is 39.1. The first kappa shape index (κ1) is 27.8. The van der Waals surface area contributed by atoms with Crippen LogP contribution in [0.15, 0.2) is 65.6 Å². The summed E-state index contributed by atoms with van der Waals surface area (Å²) in [6, 6.07) is 2.82. The molecule has 0 atom stereocenters. The lowest BCUT2D eigenvalue weighted by Crippen LogP contribution is -2.37. The van der Waals surface area contributed by atoms with Crippen molar-refractivity contribution in [2.24, 2.45) is 0 Å². The van der Waals surface area contributed by atoms with E-state index in [-0.39, 0.29) is 23.5 Å². The second-order valence-corrected chi connectivity index (χ2v) is 9.17. The number of anilines is 3. The molecule has 0 radical (unpaired) electrons. The van der Waals surface area contributed by atoms with E-state index in [2.05, 4.69) is 25.6 Å². The minimum Gasteiger partial charge on any atom is -0.388 e. The number of hydrogen-bond acceptors (Lipinski definition) is 8. The molecule has 3 aromatic rings. The van der Waals surface area contributed by atoms with E-state index in [0.29, 0.717) is 50.1 Å². The maximum atomic E-state index is 15.5. The summed E-state index contributed by atoms with van der Waals surface area (Å²) >= 11 is 0. The molecule has 2 aliphatic heterocycles. The van der Waals surface area contributed by atoms with Gasteiger partial charge in [-0.25, -0.2) is 14.4 Å². The lowest BCUT2D eigenvalue weighted by atomic mass is 10.0. The lowest BCUT2D eigenvalue weighted by molar-refractivity contribution is -0.138. The summed E-state index contributed by atoms with van der Waals surface area (Å²) in [5.41, 5.74) is -1.82. The minimum atomic E-state index is -4.96.